The number of aromatic nitrogens is 3. The molecule has 7 heteroatoms. The van der Waals surface area contributed by atoms with Crippen LogP contribution in [0, 0.1) is 13.8 Å². The van der Waals surface area contributed by atoms with Gasteiger partial charge in [-0.05, 0) is 26.7 Å². The highest BCUT2D eigenvalue weighted by atomic mass is 16.5. The lowest BCUT2D eigenvalue weighted by Gasteiger charge is -2.21. The molecule has 0 aliphatic carbocycles. The van der Waals surface area contributed by atoms with E-state index in [4.69, 9.17) is 13.8 Å². The summed E-state index contributed by atoms with van der Waals surface area (Å²) in [5, 5.41) is 8.04. The van der Waals surface area contributed by atoms with Crippen LogP contribution in [-0.2, 0) is 17.7 Å². The second-order valence-corrected chi connectivity index (χ2v) is 5.74. The maximum absolute atomic E-state index is 5.54. The first-order valence-electron chi connectivity index (χ1n) is 7.63. The van der Waals surface area contributed by atoms with Crippen molar-refractivity contribution in [3.05, 3.63) is 28.7 Å². The molecule has 2 aromatic heterocycles. The number of methoxy groups -OCH3 is 1. The minimum Gasteiger partial charge on any atom is -0.380 e. The molecule has 0 aromatic carbocycles. The molecular formula is C15H22N4O3. The predicted molar refractivity (Wildman–Crippen MR) is 78.2 cm³/mol. The molecule has 2 aromatic rings. The van der Waals surface area contributed by atoms with Crippen LogP contribution in [0.25, 0.3) is 0 Å². The summed E-state index contributed by atoms with van der Waals surface area (Å²) in [6.45, 7) is 7.46. The van der Waals surface area contributed by atoms with Crippen LogP contribution in [0.4, 0.5) is 0 Å². The highest BCUT2D eigenvalue weighted by Gasteiger charge is 2.37. The largest absolute Gasteiger partial charge is 0.380 e. The molecule has 0 spiro atoms. The van der Waals surface area contributed by atoms with Gasteiger partial charge in [-0.1, -0.05) is 17.2 Å². The van der Waals surface area contributed by atoms with Crippen molar-refractivity contribution in [2.45, 2.75) is 52.3 Å². The highest BCUT2D eigenvalue weighted by Crippen LogP contribution is 2.34. The van der Waals surface area contributed by atoms with Crippen molar-refractivity contribution in [3.8, 4) is 0 Å². The molecule has 2 atom stereocenters. The zero-order valence-electron chi connectivity index (χ0n) is 13.5. The number of aryl methyl sites for hydroxylation is 3. The van der Waals surface area contributed by atoms with E-state index in [1.165, 1.54) is 0 Å². The van der Waals surface area contributed by atoms with Gasteiger partial charge in [0.25, 0.3) is 0 Å². The second kappa shape index (κ2) is 6.18. The zero-order valence-corrected chi connectivity index (χ0v) is 13.5. The Morgan fingerprint density at radius 3 is 2.73 bits per heavy atom. The van der Waals surface area contributed by atoms with Crippen molar-refractivity contribution >= 4 is 0 Å². The van der Waals surface area contributed by atoms with E-state index in [9.17, 15) is 0 Å². The van der Waals surface area contributed by atoms with Gasteiger partial charge in [-0.15, -0.1) is 0 Å². The molecule has 120 valence electrons. The average molecular weight is 306 g/mol. The van der Waals surface area contributed by atoms with Crippen molar-refractivity contribution in [2.24, 2.45) is 0 Å². The van der Waals surface area contributed by atoms with Gasteiger partial charge < -0.3 is 13.8 Å². The summed E-state index contributed by atoms with van der Waals surface area (Å²) in [6.07, 6.45) is 1.88. The van der Waals surface area contributed by atoms with E-state index in [2.05, 4.69) is 27.1 Å². The monoisotopic (exact) mass is 306 g/mol. The molecule has 1 saturated heterocycles. The Balaban J connectivity index is 1.84. The van der Waals surface area contributed by atoms with Gasteiger partial charge in [0.15, 0.2) is 5.82 Å². The fourth-order valence-corrected chi connectivity index (χ4v) is 3.03. The van der Waals surface area contributed by atoms with E-state index in [0.29, 0.717) is 11.7 Å². The molecule has 3 rings (SSSR count). The number of hydrogen-bond donors (Lipinski definition) is 0. The molecule has 3 heterocycles. The third-order valence-corrected chi connectivity index (χ3v) is 4.29. The average Bonchev–Trinajstić information content (AvgIpc) is 3.19. The fraction of sp³-hybridized carbons (Fsp3) is 0.667. The summed E-state index contributed by atoms with van der Waals surface area (Å²) in [5.74, 6) is 2.19. The number of likely N-dealkylation sites (tertiary alicyclic amines) is 1. The van der Waals surface area contributed by atoms with Gasteiger partial charge in [0.1, 0.15) is 5.76 Å². The lowest BCUT2D eigenvalue weighted by atomic mass is 10.1. The van der Waals surface area contributed by atoms with Gasteiger partial charge in [-0.25, -0.2) is 0 Å². The molecule has 1 aliphatic heterocycles. The summed E-state index contributed by atoms with van der Waals surface area (Å²) in [7, 11) is 1.74. The molecule has 0 radical (unpaired) electrons. The van der Waals surface area contributed by atoms with Crippen LogP contribution >= 0.6 is 0 Å². The number of nitrogens with zero attached hydrogens (tertiary/aromatic N) is 4. The maximum atomic E-state index is 5.54. The Morgan fingerprint density at radius 2 is 2.09 bits per heavy atom. The summed E-state index contributed by atoms with van der Waals surface area (Å²) < 4.78 is 16.3. The zero-order chi connectivity index (χ0) is 15.7. The third-order valence-electron chi connectivity index (χ3n) is 4.29. The Hall–Kier alpha value is -1.73. The van der Waals surface area contributed by atoms with E-state index < -0.39 is 0 Å². The first-order valence-corrected chi connectivity index (χ1v) is 7.63. The Kier molecular flexibility index (Phi) is 4.26. The van der Waals surface area contributed by atoms with Gasteiger partial charge in [-0.3, -0.25) is 4.90 Å². The van der Waals surface area contributed by atoms with Crippen LogP contribution in [0.2, 0.25) is 0 Å². The molecule has 0 unspecified atom stereocenters. The highest BCUT2D eigenvalue weighted by molar-refractivity contribution is 5.22. The molecule has 0 amide bonds. The lowest BCUT2D eigenvalue weighted by molar-refractivity contribution is 0.107. The molecule has 22 heavy (non-hydrogen) atoms. The second-order valence-electron chi connectivity index (χ2n) is 5.74. The van der Waals surface area contributed by atoms with Crippen LogP contribution in [0.15, 0.2) is 9.05 Å². The van der Waals surface area contributed by atoms with E-state index in [-0.39, 0.29) is 12.1 Å². The van der Waals surface area contributed by atoms with E-state index in [1.54, 1.807) is 7.11 Å². The van der Waals surface area contributed by atoms with Gasteiger partial charge in [0, 0.05) is 25.8 Å². The smallest absolute Gasteiger partial charge is 0.244 e. The van der Waals surface area contributed by atoms with Gasteiger partial charge in [0.2, 0.25) is 5.89 Å². The summed E-state index contributed by atoms with van der Waals surface area (Å²) in [4.78, 5) is 6.70. The van der Waals surface area contributed by atoms with Gasteiger partial charge in [0.05, 0.1) is 17.8 Å². The van der Waals surface area contributed by atoms with Crippen LogP contribution in [-0.4, -0.2) is 40.0 Å². The van der Waals surface area contributed by atoms with E-state index in [0.717, 1.165) is 42.9 Å². The summed E-state index contributed by atoms with van der Waals surface area (Å²) >= 11 is 0. The van der Waals surface area contributed by atoms with Crippen LogP contribution in [0.1, 0.15) is 48.1 Å². The molecule has 1 fully saturated rings. The first kappa shape index (κ1) is 15.2. The quantitative estimate of drug-likeness (QED) is 0.838. The van der Waals surface area contributed by atoms with Crippen molar-refractivity contribution in [3.63, 3.8) is 0 Å². The molecule has 0 N–H and O–H groups in total. The van der Waals surface area contributed by atoms with Crippen molar-refractivity contribution < 1.29 is 13.8 Å². The van der Waals surface area contributed by atoms with E-state index in [1.807, 2.05) is 13.8 Å². The Bertz CT molecular complexity index is 637. The molecule has 7 nitrogen and oxygen atoms in total. The maximum Gasteiger partial charge on any atom is 0.244 e. The van der Waals surface area contributed by atoms with Crippen molar-refractivity contribution in [1.82, 2.24) is 20.2 Å². The van der Waals surface area contributed by atoms with Crippen LogP contribution in [0.5, 0.6) is 0 Å². The Labute approximate surface area is 129 Å². The number of rotatable bonds is 5. The normalized spacial score (nSPS) is 22.5. The summed E-state index contributed by atoms with van der Waals surface area (Å²) in [5.41, 5.74) is 2.17. The van der Waals surface area contributed by atoms with Crippen molar-refractivity contribution in [1.29, 1.82) is 0 Å². The summed E-state index contributed by atoms with van der Waals surface area (Å²) in [6, 6.07) is 0.0742. The molecular weight excluding hydrogens is 284 g/mol. The first-order chi connectivity index (χ1) is 10.6. The lowest BCUT2D eigenvalue weighted by Crippen LogP contribution is -2.25. The standard InChI is InChI=1S/C15H22N4O3/c1-5-13-12(9(2)21-18-13)8-19-7-11(20-4)6-14(19)15-16-10(3)17-22-15/h11,14H,5-8H2,1-4H3/t11-,14+/m0/s1. The minimum absolute atomic E-state index is 0.0742. The molecule has 1 aliphatic rings. The van der Waals surface area contributed by atoms with Gasteiger partial charge >= 0.3 is 0 Å². The van der Waals surface area contributed by atoms with Crippen LogP contribution in [0.3, 0.4) is 0 Å². The van der Waals surface area contributed by atoms with Crippen molar-refractivity contribution in [2.75, 3.05) is 13.7 Å². The number of ether oxygens (including phenoxy) is 1. The van der Waals surface area contributed by atoms with Crippen LogP contribution < -0.4 is 0 Å². The SMILES string of the molecule is CCc1noc(C)c1CN1C[C@@H](OC)C[C@@H]1c1nc(C)no1. The molecule has 0 saturated carbocycles. The molecule has 0 bridgehead atoms. The number of hydrogen-bond acceptors (Lipinski definition) is 7. The topological polar surface area (TPSA) is 77.4 Å². The minimum atomic E-state index is 0.0742. The van der Waals surface area contributed by atoms with E-state index >= 15 is 0 Å². The van der Waals surface area contributed by atoms with Gasteiger partial charge in [-0.2, -0.15) is 4.98 Å². The predicted octanol–water partition coefficient (Wildman–Crippen LogP) is 2.20. The fourth-order valence-electron chi connectivity index (χ4n) is 3.03. The third kappa shape index (κ3) is 2.78. The Morgan fingerprint density at radius 1 is 1.27 bits per heavy atom.